The first kappa shape index (κ1) is 14.6. The molecule has 0 aliphatic carbocycles. The lowest BCUT2D eigenvalue weighted by atomic mass is 10.0. The molecule has 0 aromatic heterocycles. The smallest absolute Gasteiger partial charge is 0.127 e. The first-order chi connectivity index (χ1) is 8.95. The summed E-state index contributed by atoms with van der Waals surface area (Å²) in [6.07, 6.45) is -0.864. The van der Waals surface area contributed by atoms with E-state index in [2.05, 4.69) is 31.9 Å². The Balaban J connectivity index is 2.22. The summed E-state index contributed by atoms with van der Waals surface area (Å²) in [5.41, 5.74) is 0.797. The van der Waals surface area contributed by atoms with Crippen LogP contribution in [0.15, 0.2) is 45.3 Å². The molecule has 0 bridgehead atoms. The van der Waals surface area contributed by atoms with Crippen LogP contribution in [0, 0.1) is 11.6 Å². The Labute approximate surface area is 126 Å². The topological polar surface area (TPSA) is 20.2 Å². The van der Waals surface area contributed by atoms with Gasteiger partial charge in [-0.05, 0) is 41.5 Å². The number of aliphatic hydroxyl groups is 1. The molecule has 1 N–H and O–H groups in total. The molecular weight excluding hydrogens is 382 g/mol. The Morgan fingerprint density at radius 1 is 1.00 bits per heavy atom. The summed E-state index contributed by atoms with van der Waals surface area (Å²) in [7, 11) is 0. The van der Waals surface area contributed by atoms with E-state index in [1.165, 1.54) is 18.2 Å². The van der Waals surface area contributed by atoms with Crippen molar-refractivity contribution in [1.82, 2.24) is 0 Å². The maximum absolute atomic E-state index is 13.7. The van der Waals surface area contributed by atoms with Crippen molar-refractivity contribution in [2.24, 2.45) is 0 Å². The van der Waals surface area contributed by atoms with Gasteiger partial charge in [-0.15, -0.1) is 0 Å². The molecule has 0 saturated carbocycles. The normalized spacial score (nSPS) is 12.5. The molecule has 0 aliphatic heterocycles. The minimum atomic E-state index is -0.956. The van der Waals surface area contributed by atoms with Crippen molar-refractivity contribution in [3.8, 4) is 0 Å². The molecule has 0 radical (unpaired) electrons. The van der Waals surface area contributed by atoms with Crippen LogP contribution in [0.5, 0.6) is 0 Å². The fourth-order valence-corrected chi connectivity index (χ4v) is 2.60. The standard InChI is InChI=1S/C14H10Br2F2O/c15-10-2-1-8(13(18)7-10)5-14(19)9-3-11(16)6-12(17)4-9/h1-4,6-7,14,19H,5H2. The van der Waals surface area contributed by atoms with Gasteiger partial charge in [0, 0.05) is 15.4 Å². The Bertz CT molecular complexity index is 582. The van der Waals surface area contributed by atoms with Crippen molar-refractivity contribution in [2.75, 3.05) is 0 Å². The van der Waals surface area contributed by atoms with Crippen LogP contribution in [0.3, 0.4) is 0 Å². The van der Waals surface area contributed by atoms with Crippen LogP contribution in [0.2, 0.25) is 0 Å². The quantitative estimate of drug-likeness (QED) is 0.799. The first-order valence-corrected chi connectivity index (χ1v) is 7.12. The lowest BCUT2D eigenvalue weighted by Gasteiger charge is -2.12. The van der Waals surface area contributed by atoms with E-state index in [9.17, 15) is 13.9 Å². The second-order valence-electron chi connectivity index (χ2n) is 4.16. The minimum absolute atomic E-state index is 0.0923. The van der Waals surface area contributed by atoms with Crippen molar-refractivity contribution in [3.05, 3.63) is 68.1 Å². The molecule has 19 heavy (non-hydrogen) atoms. The fraction of sp³-hybridized carbons (Fsp3) is 0.143. The van der Waals surface area contributed by atoms with Crippen LogP contribution in [0.25, 0.3) is 0 Å². The molecular formula is C14H10Br2F2O. The van der Waals surface area contributed by atoms with E-state index in [4.69, 9.17) is 0 Å². The van der Waals surface area contributed by atoms with Crippen molar-refractivity contribution in [2.45, 2.75) is 12.5 Å². The molecule has 2 aromatic carbocycles. The van der Waals surface area contributed by atoms with Crippen molar-refractivity contribution >= 4 is 31.9 Å². The second kappa shape index (κ2) is 6.11. The summed E-state index contributed by atoms with van der Waals surface area (Å²) < 4.78 is 28.1. The maximum Gasteiger partial charge on any atom is 0.127 e. The molecule has 1 nitrogen and oxygen atoms in total. The van der Waals surface area contributed by atoms with Gasteiger partial charge in [0.05, 0.1) is 6.10 Å². The largest absolute Gasteiger partial charge is 0.388 e. The number of rotatable bonds is 3. The van der Waals surface area contributed by atoms with Gasteiger partial charge in [-0.3, -0.25) is 0 Å². The Morgan fingerprint density at radius 2 is 1.74 bits per heavy atom. The predicted molar refractivity (Wildman–Crippen MR) is 76.9 cm³/mol. The molecule has 0 spiro atoms. The Hall–Kier alpha value is -0.780. The number of benzene rings is 2. The van der Waals surface area contributed by atoms with Crippen LogP contribution in [-0.4, -0.2) is 5.11 Å². The van der Waals surface area contributed by atoms with Crippen molar-refractivity contribution < 1.29 is 13.9 Å². The molecule has 0 amide bonds. The third-order valence-electron chi connectivity index (χ3n) is 2.70. The maximum atomic E-state index is 13.7. The molecule has 2 rings (SSSR count). The molecule has 1 unspecified atom stereocenters. The van der Waals surface area contributed by atoms with Crippen molar-refractivity contribution in [3.63, 3.8) is 0 Å². The summed E-state index contributed by atoms with van der Waals surface area (Å²) in [5.74, 6) is -0.844. The summed E-state index contributed by atoms with van der Waals surface area (Å²) >= 11 is 6.33. The predicted octanol–water partition coefficient (Wildman–Crippen LogP) is 4.77. The van der Waals surface area contributed by atoms with Crippen LogP contribution in [-0.2, 0) is 6.42 Å². The average molecular weight is 392 g/mol. The van der Waals surface area contributed by atoms with E-state index in [0.29, 0.717) is 20.1 Å². The molecule has 1 atom stereocenters. The second-order valence-corrected chi connectivity index (χ2v) is 5.99. The zero-order valence-electron chi connectivity index (χ0n) is 9.71. The summed E-state index contributed by atoms with van der Waals surface area (Å²) in [5, 5.41) is 10.1. The molecule has 5 heteroatoms. The molecule has 0 fully saturated rings. The van der Waals surface area contributed by atoms with Gasteiger partial charge in [0.15, 0.2) is 0 Å². The van der Waals surface area contributed by atoms with Gasteiger partial charge in [0.2, 0.25) is 0 Å². The number of hydrogen-bond donors (Lipinski definition) is 1. The van der Waals surface area contributed by atoms with Crippen LogP contribution >= 0.6 is 31.9 Å². The van der Waals surface area contributed by atoms with E-state index in [1.807, 2.05) is 0 Å². The Morgan fingerprint density at radius 3 is 2.37 bits per heavy atom. The zero-order valence-corrected chi connectivity index (χ0v) is 12.9. The van der Waals surface area contributed by atoms with Gasteiger partial charge in [-0.1, -0.05) is 37.9 Å². The molecule has 0 heterocycles. The average Bonchev–Trinajstić information content (AvgIpc) is 2.31. The van der Waals surface area contributed by atoms with Gasteiger partial charge in [-0.25, -0.2) is 8.78 Å². The van der Waals surface area contributed by atoms with Crippen LogP contribution < -0.4 is 0 Å². The highest BCUT2D eigenvalue weighted by molar-refractivity contribution is 9.10. The highest BCUT2D eigenvalue weighted by Crippen LogP contribution is 2.25. The highest BCUT2D eigenvalue weighted by Gasteiger charge is 2.13. The number of halogens is 4. The lowest BCUT2D eigenvalue weighted by Crippen LogP contribution is -2.04. The third-order valence-corrected chi connectivity index (χ3v) is 3.65. The van der Waals surface area contributed by atoms with E-state index in [1.54, 1.807) is 18.2 Å². The summed E-state index contributed by atoms with van der Waals surface area (Å²) in [6, 6.07) is 8.79. The van der Waals surface area contributed by atoms with Gasteiger partial charge >= 0.3 is 0 Å². The SMILES string of the molecule is OC(Cc1ccc(Br)cc1F)c1cc(F)cc(Br)c1. The third kappa shape index (κ3) is 3.84. The van der Waals surface area contributed by atoms with E-state index >= 15 is 0 Å². The number of aliphatic hydroxyl groups excluding tert-OH is 1. The summed E-state index contributed by atoms with van der Waals surface area (Å²) in [6.45, 7) is 0. The summed E-state index contributed by atoms with van der Waals surface area (Å²) in [4.78, 5) is 0. The highest BCUT2D eigenvalue weighted by atomic mass is 79.9. The lowest BCUT2D eigenvalue weighted by molar-refractivity contribution is 0.176. The zero-order chi connectivity index (χ0) is 14.0. The van der Waals surface area contributed by atoms with Gasteiger partial charge in [-0.2, -0.15) is 0 Å². The van der Waals surface area contributed by atoms with Crippen molar-refractivity contribution in [1.29, 1.82) is 0 Å². The number of hydrogen-bond acceptors (Lipinski definition) is 1. The monoisotopic (exact) mass is 390 g/mol. The molecule has 0 saturated heterocycles. The van der Waals surface area contributed by atoms with Gasteiger partial charge in [0.1, 0.15) is 11.6 Å². The van der Waals surface area contributed by atoms with E-state index in [0.717, 1.165) is 0 Å². The molecule has 2 aromatic rings. The molecule has 0 aliphatic rings. The van der Waals surface area contributed by atoms with E-state index in [-0.39, 0.29) is 6.42 Å². The van der Waals surface area contributed by atoms with Gasteiger partial charge < -0.3 is 5.11 Å². The fourth-order valence-electron chi connectivity index (χ4n) is 1.78. The minimum Gasteiger partial charge on any atom is -0.388 e. The van der Waals surface area contributed by atoms with Gasteiger partial charge in [0.25, 0.3) is 0 Å². The first-order valence-electron chi connectivity index (χ1n) is 5.53. The molecule has 100 valence electrons. The van der Waals surface area contributed by atoms with E-state index < -0.39 is 17.7 Å². The Kier molecular flexibility index (Phi) is 4.71. The van der Waals surface area contributed by atoms with Crippen LogP contribution in [0.1, 0.15) is 17.2 Å². The van der Waals surface area contributed by atoms with Crippen LogP contribution in [0.4, 0.5) is 8.78 Å².